The molecule has 0 radical (unpaired) electrons. The standard InChI is InChI=1S/C12H13BrFNO4S/c1-20(17,18)19-11-4-5-15(12(11)16)7-8-2-3-9(13)10(14)6-8/h2-3,6,11H,4-5,7H2,1H3/t11-/m0/s1. The summed E-state index contributed by atoms with van der Waals surface area (Å²) in [4.78, 5) is 13.4. The first-order valence-corrected chi connectivity index (χ1v) is 8.48. The van der Waals surface area contributed by atoms with Crippen LogP contribution in [0.2, 0.25) is 0 Å². The van der Waals surface area contributed by atoms with Crippen molar-refractivity contribution in [2.75, 3.05) is 12.8 Å². The second-order valence-electron chi connectivity index (χ2n) is 4.59. The molecule has 0 spiro atoms. The zero-order valence-electron chi connectivity index (χ0n) is 10.7. The van der Waals surface area contributed by atoms with Gasteiger partial charge >= 0.3 is 0 Å². The van der Waals surface area contributed by atoms with Gasteiger partial charge in [0.1, 0.15) is 5.82 Å². The number of halogens is 2. The molecule has 1 amide bonds. The lowest BCUT2D eigenvalue weighted by Gasteiger charge is -2.16. The van der Waals surface area contributed by atoms with Gasteiger partial charge in [0.25, 0.3) is 16.0 Å². The Balaban J connectivity index is 2.04. The molecule has 1 atom stereocenters. The average Bonchev–Trinajstić information content (AvgIpc) is 2.65. The van der Waals surface area contributed by atoms with E-state index in [1.807, 2.05) is 0 Å². The molecule has 0 aliphatic carbocycles. The molecule has 2 rings (SSSR count). The predicted molar refractivity (Wildman–Crippen MR) is 73.9 cm³/mol. The van der Waals surface area contributed by atoms with Gasteiger partial charge < -0.3 is 4.90 Å². The number of benzene rings is 1. The van der Waals surface area contributed by atoms with E-state index in [0.717, 1.165) is 6.26 Å². The van der Waals surface area contributed by atoms with Gasteiger partial charge in [0, 0.05) is 19.5 Å². The molecule has 20 heavy (non-hydrogen) atoms. The summed E-state index contributed by atoms with van der Waals surface area (Å²) in [5.41, 5.74) is 0.638. The highest BCUT2D eigenvalue weighted by molar-refractivity contribution is 9.10. The molecule has 5 nitrogen and oxygen atoms in total. The number of likely N-dealkylation sites (tertiary alicyclic amines) is 1. The number of carbonyl (C=O) groups is 1. The minimum Gasteiger partial charge on any atom is -0.336 e. The number of amides is 1. The van der Waals surface area contributed by atoms with E-state index in [0.29, 0.717) is 23.0 Å². The Kier molecular flexibility index (Phi) is 4.46. The summed E-state index contributed by atoms with van der Waals surface area (Å²) in [7, 11) is -3.66. The summed E-state index contributed by atoms with van der Waals surface area (Å²) in [6.07, 6.45) is 0.253. The van der Waals surface area contributed by atoms with Gasteiger partial charge in [-0.25, -0.2) is 4.39 Å². The number of nitrogens with zero attached hydrogens (tertiary/aromatic N) is 1. The molecule has 0 N–H and O–H groups in total. The Bertz CT molecular complexity index is 634. The van der Waals surface area contributed by atoms with E-state index in [9.17, 15) is 17.6 Å². The predicted octanol–water partition coefficient (Wildman–Crippen LogP) is 1.67. The first-order chi connectivity index (χ1) is 9.26. The molecule has 110 valence electrons. The number of hydrogen-bond donors (Lipinski definition) is 0. The molecule has 0 unspecified atom stereocenters. The number of rotatable bonds is 4. The van der Waals surface area contributed by atoms with Gasteiger partial charge in [0.05, 0.1) is 10.7 Å². The summed E-state index contributed by atoms with van der Waals surface area (Å²) in [6.45, 7) is 0.614. The highest BCUT2D eigenvalue weighted by Gasteiger charge is 2.34. The van der Waals surface area contributed by atoms with Crippen LogP contribution in [-0.2, 0) is 25.6 Å². The summed E-state index contributed by atoms with van der Waals surface area (Å²) in [6, 6.07) is 4.60. The van der Waals surface area contributed by atoms with Gasteiger partial charge in [-0.2, -0.15) is 8.42 Å². The smallest absolute Gasteiger partial charge is 0.265 e. The van der Waals surface area contributed by atoms with Crippen LogP contribution in [0, 0.1) is 5.82 Å². The molecular weight excluding hydrogens is 353 g/mol. The molecule has 1 aromatic carbocycles. The molecule has 1 aliphatic rings. The summed E-state index contributed by atoms with van der Waals surface area (Å²) in [5, 5.41) is 0. The van der Waals surface area contributed by atoms with E-state index in [2.05, 4.69) is 15.9 Å². The van der Waals surface area contributed by atoms with Crippen molar-refractivity contribution in [1.82, 2.24) is 4.90 Å². The fourth-order valence-corrected chi connectivity index (χ4v) is 2.87. The molecule has 0 saturated carbocycles. The minimum absolute atomic E-state index is 0.229. The third-order valence-corrected chi connectivity index (χ3v) is 4.12. The summed E-state index contributed by atoms with van der Waals surface area (Å²) >= 11 is 3.05. The van der Waals surface area contributed by atoms with E-state index in [1.165, 1.54) is 11.0 Å². The SMILES string of the molecule is CS(=O)(=O)O[C@H]1CCN(Cc2ccc(Br)c(F)c2)C1=O. The fraction of sp³-hybridized carbons (Fsp3) is 0.417. The minimum atomic E-state index is -3.66. The third-order valence-electron chi connectivity index (χ3n) is 2.90. The first kappa shape index (κ1) is 15.4. The Labute approximate surface area is 125 Å². The van der Waals surface area contributed by atoms with Gasteiger partial charge in [-0.1, -0.05) is 6.07 Å². The maximum atomic E-state index is 13.4. The molecular formula is C12H13BrFNO4S. The Morgan fingerprint density at radius 2 is 2.20 bits per heavy atom. The third kappa shape index (κ3) is 3.77. The first-order valence-electron chi connectivity index (χ1n) is 5.87. The van der Waals surface area contributed by atoms with Crippen LogP contribution >= 0.6 is 15.9 Å². The second kappa shape index (κ2) is 5.79. The van der Waals surface area contributed by atoms with E-state index in [-0.39, 0.29) is 6.54 Å². The van der Waals surface area contributed by atoms with Crippen molar-refractivity contribution < 1.29 is 21.8 Å². The van der Waals surface area contributed by atoms with Crippen LogP contribution < -0.4 is 0 Å². The van der Waals surface area contributed by atoms with Gasteiger partial charge in [-0.3, -0.25) is 8.98 Å². The Morgan fingerprint density at radius 1 is 1.50 bits per heavy atom. The lowest BCUT2D eigenvalue weighted by molar-refractivity contribution is -0.133. The van der Waals surface area contributed by atoms with Crippen LogP contribution in [0.1, 0.15) is 12.0 Å². The van der Waals surface area contributed by atoms with Crippen molar-refractivity contribution in [3.8, 4) is 0 Å². The van der Waals surface area contributed by atoms with E-state index in [1.54, 1.807) is 12.1 Å². The highest BCUT2D eigenvalue weighted by Crippen LogP contribution is 2.21. The molecule has 1 aliphatic heterocycles. The normalized spacial score (nSPS) is 19.6. The van der Waals surface area contributed by atoms with Crippen LogP contribution in [-0.4, -0.2) is 38.1 Å². The molecule has 1 heterocycles. The second-order valence-corrected chi connectivity index (χ2v) is 7.04. The highest BCUT2D eigenvalue weighted by atomic mass is 79.9. The average molecular weight is 366 g/mol. The Morgan fingerprint density at radius 3 is 2.80 bits per heavy atom. The van der Waals surface area contributed by atoms with Crippen LogP contribution in [0.25, 0.3) is 0 Å². The van der Waals surface area contributed by atoms with Crippen molar-refractivity contribution in [2.24, 2.45) is 0 Å². The van der Waals surface area contributed by atoms with Crippen LogP contribution in [0.3, 0.4) is 0 Å². The molecule has 1 fully saturated rings. The fourth-order valence-electron chi connectivity index (χ4n) is 2.03. The Hall–Kier alpha value is -0.990. The quantitative estimate of drug-likeness (QED) is 0.761. The van der Waals surface area contributed by atoms with E-state index >= 15 is 0 Å². The van der Waals surface area contributed by atoms with Crippen molar-refractivity contribution in [3.63, 3.8) is 0 Å². The van der Waals surface area contributed by atoms with Gasteiger partial charge in [0.2, 0.25) is 0 Å². The maximum Gasteiger partial charge on any atom is 0.265 e. The summed E-state index contributed by atoms with van der Waals surface area (Å²) < 4.78 is 40.5. The largest absolute Gasteiger partial charge is 0.336 e. The van der Waals surface area contributed by atoms with Crippen LogP contribution in [0.15, 0.2) is 22.7 Å². The zero-order valence-corrected chi connectivity index (χ0v) is 13.1. The van der Waals surface area contributed by atoms with Crippen molar-refractivity contribution in [2.45, 2.75) is 19.1 Å². The van der Waals surface area contributed by atoms with E-state index in [4.69, 9.17) is 4.18 Å². The lowest BCUT2D eigenvalue weighted by Crippen LogP contribution is -2.31. The molecule has 0 bridgehead atoms. The number of hydrogen-bond acceptors (Lipinski definition) is 4. The maximum absolute atomic E-state index is 13.4. The molecule has 1 aromatic rings. The van der Waals surface area contributed by atoms with Gasteiger partial charge in [0.15, 0.2) is 6.10 Å². The van der Waals surface area contributed by atoms with E-state index < -0.39 is 27.9 Å². The van der Waals surface area contributed by atoms with Gasteiger partial charge in [-0.05, 0) is 33.6 Å². The topological polar surface area (TPSA) is 63.7 Å². The lowest BCUT2D eigenvalue weighted by atomic mass is 10.2. The van der Waals surface area contributed by atoms with Crippen molar-refractivity contribution in [1.29, 1.82) is 0 Å². The zero-order chi connectivity index (χ0) is 14.9. The van der Waals surface area contributed by atoms with Crippen LogP contribution in [0.5, 0.6) is 0 Å². The number of carbonyl (C=O) groups excluding carboxylic acids is 1. The van der Waals surface area contributed by atoms with Crippen molar-refractivity contribution >= 4 is 32.0 Å². The molecule has 8 heteroatoms. The monoisotopic (exact) mass is 365 g/mol. The van der Waals surface area contributed by atoms with Crippen LogP contribution in [0.4, 0.5) is 4.39 Å². The van der Waals surface area contributed by atoms with Crippen molar-refractivity contribution in [3.05, 3.63) is 34.1 Å². The summed E-state index contributed by atoms with van der Waals surface area (Å²) in [5.74, 6) is -0.795. The molecule has 0 aromatic heterocycles. The van der Waals surface area contributed by atoms with Gasteiger partial charge in [-0.15, -0.1) is 0 Å². The molecule has 1 saturated heterocycles.